The van der Waals surface area contributed by atoms with E-state index in [4.69, 9.17) is 0 Å². The summed E-state index contributed by atoms with van der Waals surface area (Å²) in [5, 5.41) is 0. The third-order valence-corrected chi connectivity index (χ3v) is 1.93. The van der Waals surface area contributed by atoms with Crippen LogP contribution in [0.15, 0.2) is 36.0 Å². The van der Waals surface area contributed by atoms with E-state index in [0.717, 1.165) is 0 Å². The molecule has 0 heterocycles. The molecular weight excluding hydrogens is 120 g/mol. The molecule has 0 N–H and O–H groups in total. The molecule has 54 valence electrons. The Morgan fingerprint density at radius 1 is 1.50 bits per heavy atom. The second-order valence-electron chi connectivity index (χ2n) is 2.64. The van der Waals surface area contributed by atoms with Gasteiger partial charge in [0.1, 0.15) is 0 Å². The van der Waals surface area contributed by atoms with Crippen LogP contribution in [0, 0.1) is 0 Å². The Morgan fingerprint density at radius 2 is 2.30 bits per heavy atom. The van der Waals surface area contributed by atoms with Gasteiger partial charge in [-0.2, -0.15) is 0 Å². The van der Waals surface area contributed by atoms with Gasteiger partial charge in [0.05, 0.1) is 0 Å². The summed E-state index contributed by atoms with van der Waals surface area (Å²) in [5.74, 6) is 0. The van der Waals surface area contributed by atoms with E-state index in [1.165, 1.54) is 30.4 Å². The summed E-state index contributed by atoms with van der Waals surface area (Å²) in [6, 6.07) is 0. The normalized spacial score (nSPS) is 22.5. The average Bonchev–Trinajstić information content (AvgIpc) is 2.05. The van der Waals surface area contributed by atoms with E-state index in [0.29, 0.717) is 0 Å². The van der Waals surface area contributed by atoms with Gasteiger partial charge in [-0.15, -0.1) is 0 Å². The minimum Gasteiger partial charge on any atom is -0.0988 e. The first-order valence-corrected chi connectivity index (χ1v) is 3.85. The summed E-state index contributed by atoms with van der Waals surface area (Å²) in [6.07, 6.45) is 10.1. The zero-order valence-corrected chi connectivity index (χ0v) is 6.56. The standard InChI is InChI=1S/C10H14/c1-3-9-6-5-7-10(4-2)8-9/h3-4,8H,1,5-7H2,2H3/b10-4+. The molecule has 1 aliphatic rings. The molecule has 0 nitrogen and oxygen atoms in total. The maximum Gasteiger partial charge on any atom is -0.0276 e. The van der Waals surface area contributed by atoms with Crippen LogP contribution in [0.2, 0.25) is 0 Å². The van der Waals surface area contributed by atoms with Crippen molar-refractivity contribution in [3.05, 3.63) is 36.0 Å². The summed E-state index contributed by atoms with van der Waals surface area (Å²) >= 11 is 0. The van der Waals surface area contributed by atoms with Crippen molar-refractivity contribution >= 4 is 0 Å². The van der Waals surface area contributed by atoms with E-state index >= 15 is 0 Å². The molecule has 0 fully saturated rings. The smallest absolute Gasteiger partial charge is 0.0276 e. The van der Waals surface area contributed by atoms with Gasteiger partial charge < -0.3 is 0 Å². The highest BCUT2D eigenvalue weighted by Gasteiger charge is 2.02. The van der Waals surface area contributed by atoms with Crippen molar-refractivity contribution in [3.63, 3.8) is 0 Å². The lowest BCUT2D eigenvalue weighted by Crippen LogP contribution is -1.91. The van der Waals surface area contributed by atoms with Crippen LogP contribution >= 0.6 is 0 Å². The van der Waals surface area contributed by atoms with Gasteiger partial charge in [0.2, 0.25) is 0 Å². The Kier molecular flexibility index (Phi) is 2.49. The first-order valence-electron chi connectivity index (χ1n) is 3.85. The molecule has 0 aromatic rings. The molecule has 0 spiro atoms. The topological polar surface area (TPSA) is 0 Å². The van der Waals surface area contributed by atoms with Gasteiger partial charge in [-0.1, -0.05) is 30.4 Å². The predicted molar refractivity (Wildman–Crippen MR) is 45.9 cm³/mol. The van der Waals surface area contributed by atoms with Gasteiger partial charge in [0.15, 0.2) is 0 Å². The van der Waals surface area contributed by atoms with Gasteiger partial charge >= 0.3 is 0 Å². The predicted octanol–water partition coefficient (Wildman–Crippen LogP) is 3.23. The lowest BCUT2D eigenvalue weighted by Gasteiger charge is -2.10. The fraction of sp³-hybridized carbons (Fsp3) is 0.400. The van der Waals surface area contributed by atoms with E-state index in [1.807, 2.05) is 6.08 Å². The molecule has 0 bridgehead atoms. The second kappa shape index (κ2) is 3.40. The quantitative estimate of drug-likeness (QED) is 0.516. The molecule has 0 heteroatoms. The molecule has 0 radical (unpaired) electrons. The Labute approximate surface area is 62.9 Å². The third-order valence-electron chi connectivity index (χ3n) is 1.93. The fourth-order valence-electron chi connectivity index (χ4n) is 1.27. The van der Waals surface area contributed by atoms with E-state index in [9.17, 15) is 0 Å². The monoisotopic (exact) mass is 134 g/mol. The van der Waals surface area contributed by atoms with E-state index in [-0.39, 0.29) is 0 Å². The number of allylic oxidation sites excluding steroid dienone is 5. The Hall–Kier alpha value is -0.780. The van der Waals surface area contributed by atoms with Crippen molar-refractivity contribution in [1.29, 1.82) is 0 Å². The highest BCUT2D eigenvalue weighted by Crippen LogP contribution is 2.22. The van der Waals surface area contributed by atoms with Crippen LogP contribution in [-0.2, 0) is 0 Å². The third kappa shape index (κ3) is 1.60. The van der Waals surface area contributed by atoms with Gasteiger partial charge in [0.25, 0.3) is 0 Å². The molecule has 1 rings (SSSR count). The van der Waals surface area contributed by atoms with Crippen LogP contribution in [-0.4, -0.2) is 0 Å². The van der Waals surface area contributed by atoms with Crippen molar-refractivity contribution in [2.24, 2.45) is 0 Å². The highest BCUT2D eigenvalue weighted by atomic mass is 14.1. The van der Waals surface area contributed by atoms with Crippen LogP contribution in [0.5, 0.6) is 0 Å². The summed E-state index contributed by atoms with van der Waals surface area (Å²) in [5.41, 5.74) is 2.85. The lowest BCUT2D eigenvalue weighted by atomic mass is 9.95. The van der Waals surface area contributed by atoms with Crippen molar-refractivity contribution in [2.75, 3.05) is 0 Å². The Bertz CT molecular complexity index is 182. The minimum absolute atomic E-state index is 1.21. The number of rotatable bonds is 1. The summed E-state index contributed by atoms with van der Waals surface area (Å²) in [6.45, 7) is 5.85. The van der Waals surface area contributed by atoms with Crippen molar-refractivity contribution in [2.45, 2.75) is 26.2 Å². The second-order valence-corrected chi connectivity index (χ2v) is 2.64. The zero-order valence-electron chi connectivity index (χ0n) is 6.56. The van der Waals surface area contributed by atoms with Crippen LogP contribution in [0.25, 0.3) is 0 Å². The van der Waals surface area contributed by atoms with Crippen LogP contribution in [0.3, 0.4) is 0 Å². The summed E-state index contributed by atoms with van der Waals surface area (Å²) < 4.78 is 0. The molecule has 0 amide bonds. The van der Waals surface area contributed by atoms with Crippen molar-refractivity contribution in [3.8, 4) is 0 Å². The lowest BCUT2D eigenvalue weighted by molar-refractivity contribution is 0.797. The maximum absolute atomic E-state index is 3.76. The molecule has 0 atom stereocenters. The molecule has 0 saturated carbocycles. The van der Waals surface area contributed by atoms with Gasteiger partial charge in [0, 0.05) is 0 Å². The first-order chi connectivity index (χ1) is 4.86. The van der Waals surface area contributed by atoms with Crippen LogP contribution in [0.4, 0.5) is 0 Å². The minimum atomic E-state index is 1.21. The zero-order chi connectivity index (χ0) is 7.40. The van der Waals surface area contributed by atoms with Crippen molar-refractivity contribution in [1.82, 2.24) is 0 Å². The van der Waals surface area contributed by atoms with Gasteiger partial charge in [-0.05, 0) is 31.8 Å². The molecule has 0 aromatic carbocycles. The van der Waals surface area contributed by atoms with Crippen molar-refractivity contribution < 1.29 is 0 Å². The maximum atomic E-state index is 3.76. The number of hydrogen-bond acceptors (Lipinski definition) is 0. The van der Waals surface area contributed by atoms with Crippen LogP contribution in [0.1, 0.15) is 26.2 Å². The average molecular weight is 134 g/mol. The summed E-state index contributed by atoms with van der Waals surface area (Å²) in [4.78, 5) is 0. The molecule has 10 heavy (non-hydrogen) atoms. The largest absolute Gasteiger partial charge is 0.0988 e. The summed E-state index contributed by atoms with van der Waals surface area (Å²) in [7, 11) is 0. The fourth-order valence-corrected chi connectivity index (χ4v) is 1.27. The van der Waals surface area contributed by atoms with Crippen LogP contribution < -0.4 is 0 Å². The van der Waals surface area contributed by atoms with E-state index in [1.54, 1.807) is 0 Å². The number of hydrogen-bond donors (Lipinski definition) is 0. The van der Waals surface area contributed by atoms with Gasteiger partial charge in [-0.3, -0.25) is 0 Å². The Morgan fingerprint density at radius 3 is 2.90 bits per heavy atom. The molecule has 1 aliphatic carbocycles. The van der Waals surface area contributed by atoms with E-state index < -0.39 is 0 Å². The van der Waals surface area contributed by atoms with E-state index in [2.05, 4.69) is 25.7 Å². The Balaban J connectivity index is 2.75. The van der Waals surface area contributed by atoms with Gasteiger partial charge in [-0.25, -0.2) is 0 Å². The molecule has 0 saturated heterocycles. The molecular formula is C10H14. The first kappa shape index (κ1) is 7.33. The molecule has 0 aliphatic heterocycles. The molecule has 0 unspecified atom stereocenters. The SMILES string of the molecule is C=CC1=C/C(=C/C)CCC1. The highest BCUT2D eigenvalue weighted by molar-refractivity contribution is 5.31. The molecule has 0 aromatic heterocycles.